The van der Waals surface area contributed by atoms with E-state index in [0.29, 0.717) is 32.0 Å². The Balaban J connectivity index is 2.05. The first kappa shape index (κ1) is 16.8. The number of Topliss-reactive ketones (excluding diaryl/α,β-unsaturated/α-hetero) is 1. The average molecular weight is 284 g/mol. The highest BCUT2D eigenvalue weighted by Gasteiger charge is 2.07. The van der Waals surface area contributed by atoms with Gasteiger partial charge in [0.05, 0.1) is 13.2 Å². The SMILES string of the molecule is COCCCOCCOCC(=O)Cc1ccccc1F. The summed E-state index contributed by atoms with van der Waals surface area (Å²) >= 11 is 0. The molecule has 1 aromatic rings. The molecule has 5 heteroatoms. The Morgan fingerprint density at radius 3 is 2.60 bits per heavy atom. The van der Waals surface area contributed by atoms with Gasteiger partial charge in [-0.1, -0.05) is 18.2 Å². The minimum absolute atomic E-state index is 0.0181. The van der Waals surface area contributed by atoms with Crippen LogP contribution in [0.3, 0.4) is 0 Å². The Morgan fingerprint density at radius 1 is 1.10 bits per heavy atom. The summed E-state index contributed by atoms with van der Waals surface area (Å²) in [4.78, 5) is 11.6. The van der Waals surface area contributed by atoms with Gasteiger partial charge in [-0.3, -0.25) is 4.79 Å². The van der Waals surface area contributed by atoms with Gasteiger partial charge < -0.3 is 14.2 Å². The van der Waals surface area contributed by atoms with Crippen LogP contribution in [-0.2, 0) is 25.4 Å². The fourth-order valence-electron chi connectivity index (χ4n) is 1.62. The maximum Gasteiger partial charge on any atom is 0.162 e. The number of rotatable bonds is 11. The van der Waals surface area contributed by atoms with Crippen molar-refractivity contribution in [3.8, 4) is 0 Å². The zero-order chi connectivity index (χ0) is 14.6. The molecule has 0 amide bonds. The zero-order valence-corrected chi connectivity index (χ0v) is 11.8. The molecule has 112 valence electrons. The molecule has 0 fully saturated rings. The molecule has 0 unspecified atom stereocenters. The van der Waals surface area contributed by atoms with Crippen molar-refractivity contribution < 1.29 is 23.4 Å². The van der Waals surface area contributed by atoms with Gasteiger partial charge >= 0.3 is 0 Å². The van der Waals surface area contributed by atoms with Crippen LogP contribution in [0.1, 0.15) is 12.0 Å². The Kier molecular flexibility index (Phi) is 8.78. The van der Waals surface area contributed by atoms with Crippen LogP contribution < -0.4 is 0 Å². The molecule has 0 atom stereocenters. The monoisotopic (exact) mass is 284 g/mol. The molecule has 20 heavy (non-hydrogen) atoms. The smallest absolute Gasteiger partial charge is 0.162 e. The minimum atomic E-state index is -0.359. The Hall–Kier alpha value is -1.30. The quantitative estimate of drug-likeness (QED) is 0.583. The Morgan fingerprint density at radius 2 is 1.85 bits per heavy atom. The van der Waals surface area contributed by atoms with E-state index in [1.54, 1.807) is 25.3 Å². The molecule has 0 aliphatic carbocycles. The molecule has 0 aliphatic heterocycles. The van der Waals surface area contributed by atoms with Gasteiger partial charge in [-0.05, 0) is 18.1 Å². The number of benzene rings is 1. The van der Waals surface area contributed by atoms with Crippen LogP contribution >= 0.6 is 0 Å². The maximum absolute atomic E-state index is 13.3. The molecule has 0 radical (unpaired) electrons. The molecule has 0 heterocycles. The van der Waals surface area contributed by atoms with Crippen LogP contribution in [0.4, 0.5) is 4.39 Å². The third-order valence-corrected chi connectivity index (χ3v) is 2.62. The summed E-state index contributed by atoms with van der Waals surface area (Å²) in [5.74, 6) is -0.503. The highest BCUT2D eigenvalue weighted by atomic mass is 19.1. The van der Waals surface area contributed by atoms with E-state index in [2.05, 4.69) is 0 Å². The van der Waals surface area contributed by atoms with Crippen molar-refractivity contribution in [2.24, 2.45) is 0 Å². The van der Waals surface area contributed by atoms with Crippen molar-refractivity contribution in [2.75, 3.05) is 40.1 Å². The van der Waals surface area contributed by atoms with E-state index in [1.165, 1.54) is 6.07 Å². The van der Waals surface area contributed by atoms with Crippen LogP contribution in [0.5, 0.6) is 0 Å². The number of methoxy groups -OCH3 is 1. The predicted molar refractivity (Wildman–Crippen MR) is 73.2 cm³/mol. The lowest BCUT2D eigenvalue weighted by atomic mass is 10.1. The van der Waals surface area contributed by atoms with Crippen LogP contribution in [0.25, 0.3) is 0 Å². The molecular weight excluding hydrogens is 263 g/mol. The number of ketones is 1. The van der Waals surface area contributed by atoms with Gasteiger partial charge in [-0.25, -0.2) is 4.39 Å². The van der Waals surface area contributed by atoms with Gasteiger partial charge in [0, 0.05) is 26.7 Å². The van der Waals surface area contributed by atoms with E-state index < -0.39 is 0 Å². The third-order valence-electron chi connectivity index (χ3n) is 2.62. The normalized spacial score (nSPS) is 10.7. The summed E-state index contributed by atoms with van der Waals surface area (Å²) in [6.07, 6.45) is 0.893. The third kappa shape index (κ3) is 7.33. The summed E-state index contributed by atoms with van der Waals surface area (Å²) in [5, 5.41) is 0. The first-order valence-electron chi connectivity index (χ1n) is 6.63. The van der Waals surface area contributed by atoms with Crippen LogP contribution in [0.15, 0.2) is 24.3 Å². The van der Waals surface area contributed by atoms with Crippen molar-refractivity contribution >= 4 is 5.78 Å². The lowest BCUT2D eigenvalue weighted by molar-refractivity contribution is -0.123. The second-order valence-corrected chi connectivity index (χ2v) is 4.32. The number of carbonyl (C=O) groups is 1. The number of hydrogen-bond acceptors (Lipinski definition) is 4. The minimum Gasteiger partial charge on any atom is -0.385 e. The van der Waals surface area contributed by atoms with Gasteiger partial charge in [0.15, 0.2) is 5.78 Å². The topological polar surface area (TPSA) is 44.8 Å². The van der Waals surface area contributed by atoms with Crippen molar-refractivity contribution in [3.63, 3.8) is 0 Å². The molecule has 0 bridgehead atoms. The number of halogens is 1. The fraction of sp³-hybridized carbons (Fsp3) is 0.533. The number of hydrogen-bond donors (Lipinski definition) is 0. The molecule has 1 rings (SSSR count). The fourth-order valence-corrected chi connectivity index (χ4v) is 1.62. The van der Waals surface area contributed by atoms with Crippen molar-refractivity contribution in [2.45, 2.75) is 12.8 Å². The van der Waals surface area contributed by atoms with Gasteiger partial charge in [0.1, 0.15) is 12.4 Å². The molecular formula is C15H21FO4. The van der Waals surface area contributed by atoms with Gasteiger partial charge in [0.2, 0.25) is 0 Å². The van der Waals surface area contributed by atoms with Crippen LogP contribution in [0.2, 0.25) is 0 Å². The Labute approximate surface area is 118 Å². The zero-order valence-electron chi connectivity index (χ0n) is 11.8. The number of ether oxygens (including phenoxy) is 3. The van der Waals surface area contributed by atoms with E-state index in [-0.39, 0.29) is 24.6 Å². The largest absolute Gasteiger partial charge is 0.385 e. The van der Waals surface area contributed by atoms with E-state index >= 15 is 0 Å². The summed E-state index contributed by atoms with van der Waals surface area (Å²) < 4.78 is 28.7. The lowest BCUT2D eigenvalue weighted by Crippen LogP contribution is -2.15. The highest BCUT2D eigenvalue weighted by Crippen LogP contribution is 2.07. The second-order valence-electron chi connectivity index (χ2n) is 4.32. The van der Waals surface area contributed by atoms with E-state index in [9.17, 15) is 9.18 Å². The summed E-state index contributed by atoms with van der Waals surface area (Å²) in [6, 6.07) is 6.25. The van der Waals surface area contributed by atoms with Crippen molar-refractivity contribution in [3.05, 3.63) is 35.6 Å². The second kappa shape index (κ2) is 10.5. The van der Waals surface area contributed by atoms with Crippen molar-refractivity contribution in [1.29, 1.82) is 0 Å². The van der Waals surface area contributed by atoms with Gasteiger partial charge in [-0.15, -0.1) is 0 Å². The van der Waals surface area contributed by atoms with E-state index in [0.717, 1.165) is 6.42 Å². The lowest BCUT2D eigenvalue weighted by Gasteiger charge is -2.06. The first-order chi connectivity index (χ1) is 9.74. The Bertz CT molecular complexity index is 395. The van der Waals surface area contributed by atoms with Gasteiger partial charge in [-0.2, -0.15) is 0 Å². The molecule has 0 aromatic heterocycles. The molecule has 0 spiro atoms. The van der Waals surface area contributed by atoms with E-state index in [1.807, 2.05) is 0 Å². The summed E-state index contributed by atoms with van der Waals surface area (Å²) in [5.41, 5.74) is 0.400. The molecule has 0 saturated heterocycles. The molecule has 0 saturated carbocycles. The maximum atomic E-state index is 13.3. The first-order valence-corrected chi connectivity index (χ1v) is 6.63. The van der Waals surface area contributed by atoms with Crippen LogP contribution in [-0.4, -0.2) is 45.9 Å². The van der Waals surface area contributed by atoms with Crippen LogP contribution in [0, 0.1) is 5.82 Å². The van der Waals surface area contributed by atoms with Crippen molar-refractivity contribution in [1.82, 2.24) is 0 Å². The molecule has 0 N–H and O–H groups in total. The summed E-state index contributed by atoms with van der Waals surface area (Å²) in [7, 11) is 1.64. The van der Waals surface area contributed by atoms with E-state index in [4.69, 9.17) is 14.2 Å². The number of carbonyl (C=O) groups excluding carboxylic acids is 1. The molecule has 4 nitrogen and oxygen atoms in total. The highest BCUT2D eigenvalue weighted by molar-refractivity contribution is 5.82. The standard InChI is InChI=1S/C15H21FO4/c1-18-7-4-8-19-9-10-20-12-14(17)11-13-5-2-3-6-15(13)16/h2-3,5-6H,4,7-12H2,1H3. The molecule has 1 aromatic carbocycles. The van der Waals surface area contributed by atoms with Gasteiger partial charge in [0.25, 0.3) is 0 Å². The summed E-state index contributed by atoms with van der Waals surface area (Å²) in [6.45, 7) is 2.06. The average Bonchev–Trinajstić information content (AvgIpc) is 2.44. The predicted octanol–water partition coefficient (Wildman–Crippen LogP) is 2.01. The molecule has 0 aliphatic rings.